The highest BCUT2D eigenvalue weighted by atomic mass is 35.5. The number of benzene rings is 2. The van der Waals surface area contributed by atoms with Gasteiger partial charge in [0.1, 0.15) is 0 Å². The van der Waals surface area contributed by atoms with Crippen molar-refractivity contribution in [1.29, 1.82) is 0 Å². The van der Waals surface area contributed by atoms with E-state index in [0.29, 0.717) is 10.7 Å². The lowest BCUT2D eigenvalue weighted by Crippen LogP contribution is -2.28. The number of hydrogen-bond donors (Lipinski definition) is 1. The van der Waals surface area contributed by atoms with Crippen molar-refractivity contribution in [2.45, 2.75) is 20.3 Å². The minimum absolute atomic E-state index is 0.00659. The van der Waals surface area contributed by atoms with Crippen LogP contribution in [-0.2, 0) is 9.59 Å². The molecular weight excluding hydrogens is 362 g/mol. The first-order chi connectivity index (χ1) is 12.3. The summed E-state index contributed by atoms with van der Waals surface area (Å²) in [6, 6.07) is 6.87. The van der Waals surface area contributed by atoms with Gasteiger partial charge in [-0.05, 0) is 43.2 Å². The van der Waals surface area contributed by atoms with Crippen LogP contribution in [0.5, 0.6) is 0 Å². The van der Waals surface area contributed by atoms with Crippen LogP contribution in [0.2, 0.25) is 5.02 Å². The average Bonchev–Trinajstić information content (AvgIpc) is 2.95. The van der Waals surface area contributed by atoms with E-state index >= 15 is 0 Å². The maximum atomic E-state index is 13.4. The molecule has 0 spiro atoms. The Labute approximate surface area is 154 Å². The average molecular weight is 379 g/mol. The summed E-state index contributed by atoms with van der Waals surface area (Å²) in [7, 11) is 0. The fourth-order valence-electron chi connectivity index (χ4n) is 3.08. The number of anilines is 2. The number of halogens is 3. The first-order valence-electron chi connectivity index (χ1n) is 8.09. The van der Waals surface area contributed by atoms with Gasteiger partial charge in [0.25, 0.3) is 0 Å². The summed E-state index contributed by atoms with van der Waals surface area (Å²) < 4.78 is 26.5. The highest BCUT2D eigenvalue weighted by Crippen LogP contribution is 2.30. The Morgan fingerprint density at radius 2 is 1.92 bits per heavy atom. The highest BCUT2D eigenvalue weighted by molar-refractivity contribution is 6.34. The second-order valence-electron chi connectivity index (χ2n) is 6.43. The molecule has 0 aromatic heterocycles. The van der Waals surface area contributed by atoms with Gasteiger partial charge in [-0.3, -0.25) is 9.59 Å². The number of carbonyl (C=O) groups is 2. The van der Waals surface area contributed by atoms with Crippen LogP contribution >= 0.6 is 11.6 Å². The van der Waals surface area contributed by atoms with Gasteiger partial charge in [0, 0.05) is 24.7 Å². The Bertz CT molecular complexity index is 878. The van der Waals surface area contributed by atoms with Crippen molar-refractivity contribution in [1.82, 2.24) is 0 Å². The summed E-state index contributed by atoms with van der Waals surface area (Å²) in [5.74, 6) is -3.28. The number of rotatable bonds is 3. The van der Waals surface area contributed by atoms with E-state index in [9.17, 15) is 18.4 Å². The number of aryl methyl sites for hydroxylation is 2. The van der Waals surface area contributed by atoms with Gasteiger partial charge in [-0.25, -0.2) is 8.78 Å². The molecule has 1 aliphatic heterocycles. The molecule has 2 amide bonds. The van der Waals surface area contributed by atoms with Gasteiger partial charge in [-0.1, -0.05) is 17.7 Å². The van der Waals surface area contributed by atoms with E-state index in [1.165, 1.54) is 11.0 Å². The SMILES string of the molecule is Cc1cc(C)c(NC(=O)C2CC(=O)N(c3ccc(F)c(F)c3)C2)c(Cl)c1. The van der Waals surface area contributed by atoms with Crippen LogP contribution in [0.15, 0.2) is 30.3 Å². The Balaban J connectivity index is 1.76. The van der Waals surface area contributed by atoms with Crippen LogP contribution in [0.4, 0.5) is 20.2 Å². The minimum atomic E-state index is -1.04. The van der Waals surface area contributed by atoms with Crippen molar-refractivity contribution < 1.29 is 18.4 Å². The zero-order valence-corrected chi connectivity index (χ0v) is 15.0. The van der Waals surface area contributed by atoms with E-state index in [0.717, 1.165) is 23.3 Å². The quantitative estimate of drug-likeness (QED) is 0.869. The number of carbonyl (C=O) groups excluding carboxylic acids is 2. The lowest BCUT2D eigenvalue weighted by molar-refractivity contribution is -0.122. The maximum Gasteiger partial charge on any atom is 0.229 e. The summed E-state index contributed by atoms with van der Waals surface area (Å²) >= 11 is 6.20. The van der Waals surface area contributed by atoms with E-state index < -0.39 is 17.6 Å². The highest BCUT2D eigenvalue weighted by Gasteiger charge is 2.35. The van der Waals surface area contributed by atoms with Crippen molar-refractivity contribution in [3.05, 3.63) is 58.1 Å². The molecule has 4 nitrogen and oxygen atoms in total. The molecule has 0 saturated carbocycles. The van der Waals surface area contributed by atoms with Gasteiger partial charge >= 0.3 is 0 Å². The molecule has 26 heavy (non-hydrogen) atoms. The van der Waals surface area contributed by atoms with E-state index in [-0.39, 0.29) is 30.5 Å². The predicted octanol–water partition coefficient (Wildman–Crippen LogP) is 4.23. The van der Waals surface area contributed by atoms with E-state index in [1.807, 2.05) is 19.9 Å². The second-order valence-corrected chi connectivity index (χ2v) is 6.84. The van der Waals surface area contributed by atoms with Crippen LogP contribution in [0.3, 0.4) is 0 Å². The summed E-state index contributed by atoms with van der Waals surface area (Å²) in [6.45, 7) is 3.83. The Morgan fingerprint density at radius 1 is 1.19 bits per heavy atom. The van der Waals surface area contributed by atoms with Crippen LogP contribution in [0.25, 0.3) is 0 Å². The molecule has 1 atom stereocenters. The van der Waals surface area contributed by atoms with E-state index in [1.54, 1.807) is 6.07 Å². The van der Waals surface area contributed by atoms with E-state index in [2.05, 4.69) is 5.32 Å². The first kappa shape index (κ1) is 18.3. The molecule has 1 heterocycles. The molecule has 1 unspecified atom stereocenters. The Kier molecular flexibility index (Phi) is 4.96. The normalized spacial score (nSPS) is 16.9. The largest absolute Gasteiger partial charge is 0.324 e. The molecule has 7 heteroatoms. The van der Waals surface area contributed by atoms with Crippen molar-refractivity contribution >= 4 is 34.8 Å². The molecular formula is C19H17ClF2N2O2. The number of nitrogens with zero attached hydrogens (tertiary/aromatic N) is 1. The minimum Gasteiger partial charge on any atom is -0.324 e. The van der Waals surface area contributed by atoms with Crippen LogP contribution in [-0.4, -0.2) is 18.4 Å². The summed E-state index contributed by atoms with van der Waals surface area (Å²) in [5.41, 5.74) is 2.55. The van der Waals surface area contributed by atoms with Gasteiger partial charge in [-0.15, -0.1) is 0 Å². The van der Waals surface area contributed by atoms with E-state index in [4.69, 9.17) is 11.6 Å². The van der Waals surface area contributed by atoms with Gasteiger partial charge in [0.2, 0.25) is 11.8 Å². The Morgan fingerprint density at radius 3 is 2.58 bits per heavy atom. The summed E-state index contributed by atoms with van der Waals surface area (Å²) in [6.07, 6.45) is -0.00659. The molecule has 136 valence electrons. The predicted molar refractivity (Wildman–Crippen MR) is 96.4 cm³/mol. The third kappa shape index (κ3) is 3.55. The first-order valence-corrected chi connectivity index (χ1v) is 8.47. The zero-order chi connectivity index (χ0) is 19.0. The maximum absolute atomic E-state index is 13.4. The molecule has 1 aliphatic rings. The smallest absolute Gasteiger partial charge is 0.229 e. The van der Waals surface area contributed by atoms with Crippen molar-refractivity contribution in [3.63, 3.8) is 0 Å². The van der Waals surface area contributed by atoms with Gasteiger partial charge < -0.3 is 10.2 Å². The fraction of sp³-hybridized carbons (Fsp3) is 0.263. The molecule has 3 rings (SSSR count). The molecule has 2 aromatic carbocycles. The second kappa shape index (κ2) is 7.03. The molecule has 2 aromatic rings. The van der Waals surface area contributed by atoms with Crippen molar-refractivity contribution in [2.75, 3.05) is 16.8 Å². The molecule has 1 saturated heterocycles. The third-order valence-electron chi connectivity index (χ3n) is 4.39. The fourth-order valence-corrected chi connectivity index (χ4v) is 3.45. The van der Waals surface area contributed by atoms with Crippen LogP contribution in [0, 0.1) is 31.4 Å². The number of amides is 2. The van der Waals surface area contributed by atoms with Gasteiger partial charge in [0.15, 0.2) is 11.6 Å². The number of nitrogens with one attached hydrogen (secondary N) is 1. The molecule has 0 radical (unpaired) electrons. The van der Waals surface area contributed by atoms with Crippen LogP contribution in [0.1, 0.15) is 17.5 Å². The lowest BCUT2D eigenvalue weighted by Gasteiger charge is -2.17. The molecule has 1 N–H and O–H groups in total. The van der Waals surface area contributed by atoms with Crippen LogP contribution < -0.4 is 10.2 Å². The monoisotopic (exact) mass is 378 g/mol. The zero-order valence-electron chi connectivity index (χ0n) is 14.3. The lowest BCUT2D eigenvalue weighted by atomic mass is 10.1. The van der Waals surface area contributed by atoms with Crippen molar-refractivity contribution in [2.24, 2.45) is 5.92 Å². The molecule has 0 bridgehead atoms. The molecule has 0 aliphatic carbocycles. The Hall–Kier alpha value is -2.47. The van der Waals surface area contributed by atoms with Crippen molar-refractivity contribution in [3.8, 4) is 0 Å². The standard InChI is InChI=1S/C19H17ClF2N2O2/c1-10-5-11(2)18(14(20)6-10)23-19(26)12-7-17(25)24(9-12)13-3-4-15(21)16(22)8-13/h3-6,8,12H,7,9H2,1-2H3,(H,23,26). The molecule has 1 fully saturated rings. The summed E-state index contributed by atoms with van der Waals surface area (Å²) in [4.78, 5) is 26.1. The van der Waals surface area contributed by atoms with Gasteiger partial charge in [-0.2, -0.15) is 0 Å². The number of hydrogen-bond acceptors (Lipinski definition) is 2. The third-order valence-corrected chi connectivity index (χ3v) is 4.69. The topological polar surface area (TPSA) is 49.4 Å². The van der Waals surface area contributed by atoms with Gasteiger partial charge in [0.05, 0.1) is 16.6 Å². The summed E-state index contributed by atoms with van der Waals surface area (Å²) in [5, 5.41) is 3.21.